The van der Waals surface area contributed by atoms with Gasteiger partial charge in [0.05, 0.1) is 12.5 Å². The second kappa shape index (κ2) is 3.88. The summed E-state index contributed by atoms with van der Waals surface area (Å²) in [5.41, 5.74) is 1.74. The van der Waals surface area contributed by atoms with Crippen molar-refractivity contribution < 1.29 is 40.1 Å². The van der Waals surface area contributed by atoms with Crippen LogP contribution in [0.3, 0.4) is 0 Å². The van der Waals surface area contributed by atoms with Crippen molar-refractivity contribution in [3.8, 4) is 0 Å². The summed E-state index contributed by atoms with van der Waals surface area (Å²) in [6, 6.07) is 0. The molecular formula is C11H17N3O8. The normalized spacial score (nSPS) is 62.4. The molecule has 11 nitrogen and oxygen atoms in total. The maximum Gasteiger partial charge on any atom is 0.311 e. The molecule has 9 atom stereocenters. The van der Waals surface area contributed by atoms with Gasteiger partial charge in [-0.05, 0) is 0 Å². The van der Waals surface area contributed by atoms with Gasteiger partial charge in [-0.3, -0.25) is 0 Å². The Hall–Kier alpha value is -1.05. The minimum Gasteiger partial charge on any atom is -0.393 e. The fourth-order valence-corrected chi connectivity index (χ4v) is 4.24. The van der Waals surface area contributed by atoms with E-state index in [0.29, 0.717) is 0 Å². The van der Waals surface area contributed by atoms with Gasteiger partial charge in [-0.15, -0.1) is 0 Å². The lowest BCUT2D eigenvalue weighted by molar-refractivity contribution is -0.548. The molecule has 0 aromatic carbocycles. The molecule has 124 valence electrons. The number of hydrogen-bond acceptors (Lipinski definition) is 11. The highest BCUT2D eigenvalue weighted by Crippen LogP contribution is 2.58. The number of ether oxygens (including phenoxy) is 2. The molecule has 11 heteroatoms. The Kier molecular flexibility index (Phi) is 2.57. The van der Waals surface area contributed by atoms with Gasteiger partial charge in [-0.1, -0.05) is 0 Å². The van der Waals surface area contributed by atoms with Crippen LogP contribution in [0, 0.1) is 5.92 Å². The van der Waals surface area contributed by atoms with Crippen LogP contribution in [-0.4, -0.2) is 91.0 Å². The average Bonchev–Trinajstić information content (AvgIpc) is 2.45. The highest BCUT2D eigenvalue weighted by molar-refractivity contribution is 5.80. The number of aliphatic hydroxyl groups excluding tert-OH is 4. The molecule has 4 aliphatic heterocycles. The van der Waals surface area contributed by atoms with Crippen molar-refractivity contribution in [2.75, 3.05) is 6.61 Å². The summed E-state index contributed by atoms with van der Waals surface area (Å²) in [6.45, 7) is -0.857. The zero-order valence-corrected chi connectivity index (χ0v) is 11.2. The minimum atomic E-state index is -2.52. The third-order valence-corrected chi connectivity index (χ3v) is 5.22. The van der Waals surface area contributed by atoms with Crippen molar-refractivity contribution in [2.45, 2.75) is 47.8 Å². The van der Waals surface area contributed by atoms with E-state index in [-0.39, 0.29) is 5.96 Å². The van der Waals surface area contributed by atoms with Gasteiger partial charge in [0.2, 0.25) is 0 Å². The third kappa shape index (κ3) is 1.28. The summed E-state index contributed by atoms with van der Waals surface area (Å²) in [4.78, 5) is 3.70. The van der Waals surface area contributed by atoms with Crippen LogP contribution in [0.5, 0.6) is 0 Å². The van der Waals surface area contributed by atoms with E-state index in [2.05, 4.69) is 10.3 Å². The van der Waals surface area contributed by atoms with E-state index in [9.17, 15) is 30.6 Å². The molecule has 0 aromatic rings. The lowest BCUT2D eigenvalue weighted by atomic mass is 9.55. The first kappa shape index (κ1) is 14.5. The van der Waals surface area contributed by atoms with E-state index in [1.54, 1.807) is 0 Å². The van der Waals surface area contributed by atoms with E-state index >= 15 is 0 Å². The number of nitrogens with zero attached hydrogens (tertiary/aromatic N) is 1. The lowest BCUT2D eigenvalue weighted by Crippen LogP contribution is -2.95. The number of aliphatic hydroxyl groups is 6. The number of nitrogens with two attached hydrogens (primary N) is 1. The Bertz CT molecular complexity index is 561. The minimum absolute atomic E-state index is 0.250. The number of hydrogen-bond donors (Lipinski definition) is 8. The standard InChI is InChI=1S/C11H17N3O8/c12-8-13-6(17)2-4-9(19,1-15)5-3(16)10(2,14-8)7(18)11(20,21-4)22-5/h2-7,15-20H,1H2,(H3,12,13,14)/t2-,3+,4-,5-,6-,7+,9+,10-,11+/m1/s1. The maximum atomic E-state index is 10.6. The molecule has 1 spiro atoms. The molecular weight excluding hydrogens is 302 g/mol. The fourth-order valence-electron chi connectivity index (χ4n) is 4.24. The summed E-state index contributed by atoms with van der Waals surface area (Å²) in [6.07, 6.45) is -7.77. The molecule has 4 fully saturated rings. The van der Waals surface area contributed by atoms with Crippen LogP contribution in [0.2, 0.25) is 0 Å². The molecule has 5 aliphatic rings. The Labute approximate surface area is 123 Å². The van der Waals surface area contributed by atoms with Crippen molar-refractivity contribution in [1.82, 2.24) is 5.32 Å². The molecule has 4 heterocycles. The second-order valence-corrected chi connectivity index (χ2v) is 6.22. The largest absolute Gasteiger partial charge is 0.393 e. The van der Waals surface area contributed by atoms with Gasteiger partial charge in [-0.2, -0.15) is 0 Å². The maximum absolute atomic E-state index is 10.6. The number of nitrogens with one attached hydrogen (secondary N) is 1. The van der Waals surface area contributed by atoms with Crippen LogP contribution < -0.4 is 11.1 Å². The zero-order valence-electron chi connectivity index (χ0n) is 11.2. The van der Waals surface area contributed by atoms with Gasteiger partial charge < -0.3 is 51.2 Å². The summed E-state index contributed by atoms with van der Waals surface area (Å²) < 4.78 is 10.3. The Morgan fingerprint density at radius 3 is 2.45 bits per heavy atom. The first-order chi connectivity index (χ1) is 10.2. The van der Waals surface area contributed by atoms with Crippen molar-refractivity contribution in [3.63, 3.8) is 0 Å². The number of rotatable bonds is 1. The molecule has 0 unspecified atom stereocenters. The predicted molar refractivity (Wildman–Crippen MR) is 65.7 cm³/mol. The quantitative estimate of drug-likeness (QED) is 0.231. The van der Waals surface area contributed by atoms with Crippen molar-refractivity contribution in [1.29, 1.82) is 0 Å². The SMILES string of the molecule is NC1=N[C@H](O)[C@H]2[C@H]3O[C@]4(O)O[C@H]([C@H](O)[C@@]2(N1)[C@@H]4O)[C@]3(O)CO. The number of aliphatic imine (C=N–C) groups is 1. The summed E-state index contributed by atoms with van der Waals surface area (Å²) in [5, 5.41) is 64.3. The predicted octanol–water partition coefficient (Wildman–Crippen LogP) is -5.52. The fraction of sp³-hybridized carbons (Fsp3) is 0.909. The smallest absolute Gasteiger partial charge is 0.311 e. The van der Waals surface area contributed by atoms with E-state index in [1.807, 2.05) is 0 Å². The molecule has 0 amide bonds. The van der Waals surface area contributed by atoms with Crippen LogP contribution >= 0.6 is 0 Å². The third-order valence-electron chi connectivity index (χ3n) is 5.22. The Morgan fingerprint density at radius 2 is 1.82 bits per heavy atom. The Morgan fingerprint density at radius 1 is 1.18 bits per heavy atom. The van der Waals surface area contributed by atoms with E-state index < -0.39 is 60.3 Å². The Balaban J connectivity index is 1.95. The highest BCUT2D eigenvalue weighted by atomic mass is 16.9. The van der Waals surface area contributed by atoms with Crippen molar-refractivity contribution in [2.24, 2.45) is 16.6 Å². The molecule has 9 N–H and O–H groups in total. The first-order valence-corrected chi connectivity index (χ1v) is 6.77. The van der Waals surface area contributed by atoms with Gasteiger partial charge in [0.1, 0.15) is 29.5 Å². The van der Waals surface area contributed by atoms with E-state index in [0.717, 1.165) is 0 Å². The van der Waals surface area contributed by atoms with Gasteiger partial charge in [0.25, 0.3) is 0 Å². The molecule has 0 radical (unpaired) electrons. The van der Waals surface area contributed by atoms with E-state index in [4.69, 9.17) is 15.2 Å². The molecule has 0 aromatic heterocycles. The van der Waals surface area contributed by atoms with Crippen LogP contribution in [-0.2, 0) is 9.47 Å². The van der Waals surface area contributed by atoms with Crippen molar-refractivity contribution in [3.05, 3.63) is 0 Å². The van der Waals surface area contributed by atoms with E-state index in [1.165, 1.54) is 0 Å². The van der Waals surface area contributed by atoms with Crippen LogP contribution in [0.25, 0.3) is 0 Å². The van der Waals surface area contributed by atoms with Gasteiger partial charge in [-0.25, -0.2) is 4.99 Å². The summed E-state index contributed by atoms with van der Waals surface area (Å²) in [7, 11) is 0. The van der Waals surface area contributed by atoms with Gasteiger partial charge in [0.15, 0.2) is 18.3 Å². The molecule has 3 saturated heterocycles. The highest BCUT2D eigenvalue weighted by Gasteiger charge is 2.82. The lowest BCUT2D eigenvalue weighted by Gasteiger charge is -2.71. The van der Waals surface area contributed by atoms with Crippen LogP contribution in [0.4, 0.5) is 0 Å². The topological polar surface area (TPSA) is 190 Å². The number of guanidine groups is 1. The summed E-state index contributed by atoms with van der Waals surface area (Å²) in [5.74, 6) is -3.95. The second-order valence-electron chi connectivity index (χ2n) is 6.22. The first-order valence-electron chi connectivity index (χ1n) is 6.77. The van der Waals surface area contributed by atoms with Crippen LogP contribution in [0.1, 0.15) is 0 Å². The van der Waals surface area contributed by atoms with Gasteiger partial charge in [0, 0.05) is 0 Å². The molecule has 4 bridgehead atoms. The molecule has 22 heavy (non-hydrogen) atoms. The molecule has 1 aliphatic carbocycles. The van der Waals surface area contributed by atoms with Crippen molar-refractivity contribution >= 4 is 5.96 Å². The molecule has 5 rings (SSSR count). The zero-order chi connectivity index (χ0) is 16.1. The average molecular weight is 319 g/mol. The molecule has 1 saturated carbocycles. The monoisotopic (exact) mass is 319 g/mol. The van der Waals surface area contributed by atoms with Crippen LogP contribution in [0.15, 0.2) is 4.99 Å². The van der Waals surface area contributed by atoms with Gasteiger partial charge >= 0.3 is 5.97 Å². The summed E-state index contributed by atoms with van der Waals surface area (Å²) >= 11 is 0.